The maximum absolute atomic E-state index is 13.5. The van der Waals surface area contributed by atoms with Crippen LogP contribution in [0.2, 0.25) is 0 Å². The Kier molecular flexibility index (Phi) is 7.82. The number of halogens is 2. The van der Waals surface area contributed by atoms with Crippen molar-refractivity contribution in [3.63, 3.8) is 0 Å². The molecule has 1 amide bonds. The molecule has 0 aliphatic carbocycles. The SMILES string of the molecule is CC(Sc1nnc(C(C)Oc2ccc(F)cc2)n1C(C)C)C(=O)Nc1ccc(F)c([N+](=O)[O-])c1. The minimum Gasteiger partial charge on any atom is -0.483 e. The van der Waals surface area contributed by atoms with Crippen LogP contribution in [-0.4, -0.2) is 30.8 Å². The Morgan fingerprint density at radius 1 is 1.12 bits per heavy atom. The highest BCUT2D eigenvalue weighted by Gasteiger charge is 2.25. The number of amides is 1. The van der Waals surface area contributed by atoms with Gasteiger partial charge in [0.25, 0.3) is 0 Å². The Labute approximate surface area is 198 Å². The third kappa shape index (κ3) is 5.87. The topological polar surface area (TPSA) is 112 Å². The van der Waals surface area contributed by atoms with Crippen LogP contribution in [0.25, 0.3) is 0 Å². The molecule has 2 atom stereocenters. The number of rotatable bonds is 9. The zero-order valence-corrected chi connectivity index (χ0v) is 19.7. The van der Waals surface area contributed by atoms with Gasteiger partial charge in [0.2, 0.25) is 11.7 Å². The maximum atomic E-state index is 13.5. The second-order valence-corrected chi connectivity index (χ2v) is 9.00. The van der Waals surface area contributed by atoms with Crippen LogP contribution in [0.4, 0.5) is 20.2 Å². The minimum absolute atomic E-state index is 0.0539. The molecular formula is C22H23F2N5O4S. The second kappa shape index (κ2) is 10.6. The predicted octanol–water partition coefficient (Wildman–Crippen LogP) is 5.30. The van der Waals surface area contributed by atoms with Crippen LogP contribution in [0.3, 0.4) is 0 Å². The molecule has 3 rings (SSSR count). The smallest absolute Gasteiger partial charge is 0.306 e. The predicted molar refractivity (Wildman–Crippen MR) is 123 cm³/mol. The summed E-state index contributed by atoms with van der Waals surface area (Å²) in [5.41, 5.74) is -0.615. The molecule has 0 bridgehead atoms. The highest BCUT2D eigenvalue weighted by atomic mass is 32.2. The third-order valence-electron chi connectivity index (χ3n) is 4.76. The van der Waals surface area contributed by atoms with E-state index in [1.165, 1.54) is 30.3 Å². The fraction of sp³-hybridized carbons (Fsp3) is 0.318. The van der Waals surface area contributed by atoms with Gasteiger partial charge in [-0.1, -0.05) is 11.8 Å². The third-order valence-corrected chi connectivity index (χ3v) is 5.82. The van der Waals surface area contributed by atoms with E-state index in [2.05, 4.69) is 15.5 Å². The van der Waals surface area contributed by atoms with Crippen LogP contribution in [0.1, 0.15) is 45.7 Å². The van der Waals surface area contributed by atoms with Crippen molar-refractivity contribution in [1.82, 2.24) is 14.8 Å². The van der Waals surface area contributed by atoms with Gasteiger partial charge in [-0.25, -0.2) is 4.39 Å². The van der Waals surface area contributed by atoms with Crippen molar-refractivity contribution in [2.45, 2.75) is 50.2 Å². The van der Waals surface area contributed by atoms with E-state index in [4.69, 9.17) is 4.74 Å². The summed E-state index contributed by atoms with van der Waals surface area (Å²) < 4.78 is 34.4. The Morgan fingerprint density at radius 3 is 2.41 bits per heavy atom. The minimum atomic E-state index is -0.986. The largest absolute Gasteiger partial charge is 0.483 e. The normalized spacial score (nSPS) is 12.9. The Hall–Kier alpha value is -3.54. The summed E-state index contributed by atoms with van der Waals surface area (Å²) >= 11 is 1.15. The molecule has 0 fully saturated rings. The van der Waals surface area contributed by atoms with Crippen molar-refractivity contribution >= 4 is 29.0 Å². The van der Waals surface area contributed by atoms with Gasteiger partial charge >= 0.3 is 5.69 Å². The molecule has 1 heterocycles. The van der Waals surface area contributed by atoms with Gasteiger partial charge in [-0.2, -0.15) is 4.39 Å². The number of benzene rings is 2. The Morgan fingerprint density at radius 2 is 1.79 bits per heavy atom. The number of carbonyl (C=O) groups excluding carboxylic acids is 1. The van der Waals surface area contributed by atoms with E-state index < -0.39 is 33.7 Å². The lowest BCUT2D eigenvalue weighted by Gasteiger charge is -2.19. The molecule has 9 nitrogen and oxygen atoms in total. The van der Waals surface area contributed by atoms with Crippen molar-refractivity contribution in [3.8, 4) is 5.75 Å². The molecule has 1 aromatic heterocycles. The summed E-state index contributed by atoms with van der Waals surface area (Å²) in [4.78, 5) is 22.7. The second-order valence-electron chi connectivity index (χ2n) is 7.69. The monoisotopic (exact) mass is 491 g/mol. The summed E-state index contributed by atoms with van der Waals surface area (Å²) in [6, 6.07) is 8.72. The van der Waals surface area contributed by atoms with E-state index in [1.807, 2.05) is 18.4 Å². The molecule has 0 saturated heterocycles. The molecule has 0 aliphatic heterocycles. The first-order valence-electron chi connectivity index (χ1n) is 10.3. The fourth-order valence-electron chi connectivity index (χ4n) is 3.09. The molecular weight excluding hydrogens is 468 g/mol. The number of hydrogen-bond acceptors (Lipinski definition) is 7. The number of aromatic nitrogens is 3. The number of carbonyl (C=O) groups is 1. The molecule has 0 aliphatic rings. The van der Waals surface area contributed by atoms with Gasteiger partial charge in [0.05, 0.1) is 10.2 Å². The van der Waals surface area contributed by atoms with Gasteiger partial charge in [0, 0.05) is 17.8 Å². The Bertz CT molecular complexity index is 1190. The van der Waals surface area contributed by atoms with Crippen LogP contribution in [0.5, 0.6) is 5.75 Å². The van der Waals surface area contributed by atoms with Gasteiger partial charge in [0.15, 0.2) is 17.1 Å². The molecule has 1 N–H and O–H groups in total. The zero-order chi connectivity index (χ0) is 25.0. The highest BCUT2D eigenvalue weighted by Crippen LogP contribution is 2.30. The number of thioether (sulfide) groups is 1. The van der Waals surface area contributed by atoms with Crippen LogP contribution in [0, 0.1) is 21.7 Å². The summed E-state index contributed by atoms with van der Waals surface area (Å²) in [6.07, 6.45) is -0.501. The number of nitro benzene ring substituents is 1. The van der Waals surface area contributed by atoms with E-state index in [1.54, 1.807) is 13.8 Å². The lowest BCUT2D eigenvalue weighted by molar-refractivity contribution is -0.387. The zero-order valence-electron chi connectivity index (χ0n) is 18.9. The number of ether oxygens (including phenoxy) is 1. The number of nitro groups is 1. The van der Waals surface area contributed by atoms with E-state index in [0.717, 1.165) is 23.9 Å². The number of nitrogens with one attached hydrogen (secondary N) is 1. The van der Waals surface area contributed by atoms with Gasteiger partial charge in [0.1, 0.15) is 11.6 Å². The summed E-state index contributed by atoms with van der Waals surface area (Å²) in [7, 11) is 0. The van der Waals surface area contributed by atoms with Gasteiger partial charge in [-0.3, -0.25) is 14.9 Å². The van der Waals surface area contributed by atoms with E-state index >= 15 is 0 Å². The van der Waals surface area contributed by atoms with E-state index in [-0.39, 0.29) is 17.5 Å². The van der Waals surface area contributed by atoms with Gasteiger partial charge < -0.3 is 14.6 Å². The maximum Gasteiger partial charge on any atom is 0.306 e. The van der Waals surface area contributed by atoms with Crippen molar-refractivity contribution in [2.24, 2.45) is 0 Å². The van der Waals surface area contributed by atoms with Crippen molar-refractivity contribution in [1.29, 1.82) is 0 Å². The molecule has 180 valence electrons. The molecule has 2 aromatic carbocycles. The summed E-state index contributed by atoms with van der Waals surface area (Å²) in [5, 5.41) is 21.8. The number of hydrogen-bond donors (Lipinski definition) is 1. The van der Waals surface area contributed by atoms with Crippen molar-refractivity contribution in [2.75, 3.05) is 5.32 Å². The quantitative estimate of drug-likeness (QED) is 0.245. The number of nitrogens with zero attached hydrogens (tertiary/aromatic N) is 4. The van der Waals surface area contributed by atoms with Crippen LogP contribution >= 0.6 is 11.8 Å². The number of anilines is 1. The average molecular weight is 492 g/mol. The fourth-order valence-corrected chi connectivity index (χ4v) is 4.08. The van der Waals surface area contributed by atoms with Crippen molar-refractivity contribution < 1.29 is 23.2 Å². The van der Waals surface area contributed by atoms with Gasteiger partial charge in [-0.15, -0.1) is 10.2 Å². The van der Waals surface area contributed by atoms with Crippen LogP contribution < -0.4 is 10.1 Å². The first kappa shape index (κ1) is 25.1. The highest BCUT2D eigenvalue weighted by molar-refractivity contribution is 8.00. The molecule has 0 saturated carbocycles. The van der Waals surface area contributed by atoms with Crippen LogP contribution in [-0.2, 0) is 4.79 Å². The standard InChI is InChI=1S/C22H23F2N5O4S/c1-12(2)28-20(13(3)33-17-8-5-15(23)6-9-17)26-27-22(28)34-14(4)21(30)25-16-7-10-18(24)19(11-16)29(31)32/h5-14H,1-4H3,(H,25,30). The average Bonchev–Trinajstić information content (AvgIpc) is 3.20. The molecule has 3 aromatic rings. The summed E-state index contributed by atoms with van der Waals surface area (Å²) in [5.74, 6) is -0.793. The van der Waals surface area contributed by atoms with E-state index in [0.29, 0.717) is 16.7 Å². The first-order chi connectivity index (χ1) is 16.1. The lowest BCUT2D eigenvalue weighted by atomic mass is 10.2. The molecule has 2 unspecified atom stereocenters. The van der Waals surface area contributed by atoms with Gasteiger partial charge in [-0.05, 0) is 64.1 Å². The summed E-state index contributed by atoms with van der Waals surface area (Å²) in [6.45, 7) is 7.31. The first-order valence-corrected chi connectivity index (χ1v) is 11.2. The molecule has 12 heteroatoms. The molecule has 0 radical (unpaired) electrons. The van der Waals surface area contributed by atoms with E-state index in [9.17, 15) is 23.7 Å². The molecule has 0 spiro atoms. The Balaban J connectivity index is 1.74. The molecule has 34 heavy (non-hydrogen) atoms. The van der Waals surface area contributed by atoms with Crippen LogP contribution in [0.15, 0.2) is 47.6 Å². The van der Waals surface area contributed by atoms with Crippen molar-refractivity contribution in [3.05, 3.63) is 70.0 Å². The lowest BCUT2D eigenvalue weighted by Crippen LogP contribution is -2.23.